The predicted molar refractivity (Wildman–Crippen MR) is 164 cm³/mol. The predicted octanol–water partition coefficient (Wildman–Crippen LogP) is 7.12. The molecule has 0 unspecified atom stereocenters. The van der Waals surface area contributed by atoms with Gasteiger partial charge in [-0.1, -0.05) is 18.2 Å². The van der Waals surface area contributed by atoms with Gasteiger partial charge in [-0.3, -0.25) is 4.90 Å². The summed E-state index contributed by atoms with van der Waals surface area (Å²) in [7, 11) is 1.01. The molecular weight excluding hydrogens is 703 g/mol. The van der Waals surface area contributed by atoms with Gasteiger partial charge in [-0.25, -0.2) is 9.59 Å². The number of hydrogen-bond donors (Lipinski definition) is 1. The van der Waals surface area contributed by atoms with Crippen LogP contribution in [-0.4, -0.2) is 72.2 Å². The molecule has 0 aliphatic carbocycles. The van der Waals surface area contributed by atoms with Crippen molar-refractivity contribution in [3.05, 3.63) is 78.1 Å². The van der Waals surface area contributed by atoms with Crippen LogP contribution in [0.1, 0.15) is 11.3 Å². The highest BCUT2D eigenvalue weighted by Gasteiger charge is 2.45. The van der Waals surface area contributed by atoms with Gasteiger partial charge in [0.15, 0.2) is 11.5 Å². The Morgan fingerprint density at radius 3 is 2.08 bits per heavy atom. The number of piperazine rings is 1. The van der Waals surface area contributed by atoms with Crippen LogP contribution in [0.3, 0.4) is 0 Å². The second kappa shape index (κ2) is 13.1. The molecule has 1 aliphatic rings. The van der Waals surface area contributed by atoms with Crippen molar-refractivity contribution in [2.45, 2.75) is 25.1 Å². The summed E-state index contributed by atoms with van der Waals surface area (Å²) >= 11 is 0. The van der Waals surface area contributed by atoms with Crippen molar-refractivity contribution in [3.8, 4) is 22.6 Å². The van der Waals surface area contributed by atoms with E-state index in [0.717, 1.165) is 48.0 Å². The highest BCUT2D eigenvalue weighted by atomic mass is 19.4. The fourth-order valence-electron chi connectivity index (χ4n) is 5.99. The third kappa shape index (κ3) is 6.99. The number of carbonyl (C=O) groups is 2. The molecule has 5 aromatic rings. The second-order valence-electron chi connectivity index (χ2n) is 11.4. The molecule has 1 saturated heterocycles. The molecule has 1 N–H and O–H groups in total. The first-order valence-corrected chi connectivity index (χ1v) is 15.0. The van der Waals surface area contributed by atoms with Gasteiger partial charge in [-0.15, -0.1) is 0 Å². The van der Waals surface area contributed by atoms with Gasteiger partial charge in [-0.2, -0.15) is 44.2 Å². The molecule has 270 valence electrons. The number of methoxy groups -OCH3 is 1. The van der Waals surface area contributed by atoms with Gasteiger partial charge in [-0.05, 0) is 48.0 Å². The molecule has 0 saturated carbocycles. The molecule has 0 bridgehead atoms. The van der Waals surface area contributed by atoms with E-state index in [2.05, 4.69) is 9.88 Å². The molecule has 1 fully saturated rings. The number of nitrogens with zero attached hydrogens (tertiary/aromatic N) is 3. The van der Waals surface area contributed by atoms with Crippen LogP contribution >= 0.6 is 0 Å². The largest absolute Gasteiger partial charge is 0.493 e. The zero-order valence-corrected chi connectivity index (χ0v) is 26.2. The molecule has 6 rings (SSSR count). The normalized spacial score (nSPS) is 14.7. The Morgan fingerprint density at radius 2 is 1.47 bits per heavy atom. The van der Waals surface area contributed by atoms with Crippen LogP contribution < -0.4 is 19.2 Å². The lowest BCUT2D eigenvalue weighted by Crippen LogP contribution is -2.46. The first-order chi connectivity index (χ1) is 24.0. The van der Waals surface area contributed by atoms with Crippen molar-refractivity contribution in [2.24, 2.45) is 0 Å². The molecule has 3 heterocycles. The molecule has 18 heteroatoms. The van der Waals surface area contributed by atoms with Crippen molar-refractivity contribution in [1.82, 2.24) is 14.6 Å². The molecule has 1 aliphatic heterocycles. The van der Waals surface area contributed by atoms with Gasteiger partial charge in [0.05, 0.1) is 29.3 Å². The molecule has 51 heavy (non-hydrogen) atoms. The van der Waals surface area contributed by atoms with Crippen molar-refractivity contribution in [3.63, 3.8) is 0 Å². The van der Waals surface area contributed by atoms with Gasteiger partial charge in [0.2, 0.25) is 0 Å². The number of anilines is 1. The number of alkyl halides is 9. The number of benzene rings is 3. The Bertz CT molecular complexity index is 2090. The number of esters is 1. The maximum atomic E-state index is 13.6. The van der Waals surface area contributed by atoms with E-state index in [1.165, 1.54) is 0 Å². The van der Waals surface area contributed by atoms with E-state index in [9.17, 15) is 49.1 Å². The van der Waals surface area contributed by atoms with E-state index < -0.39 is 58.4 Å². The van der Waals surface area contributed by atoms with Crippen LogP contribution in [0.15, 0.2) is 66.9 Å². The van der Waals surface area contributed by atoms with E-state index in [-0.39, 0.29) is 36.5 Å². The average molecular weight is 729 g/mol. The summed E-state index contributed by atoms with van der Waals surface area (Å²) in [5.74, 6) is -6.82. The van der Waals surface area contributed by atoms with Gasteiger partial charge >= 0.3 is 30.5 Å². The number of H-pyrrole nitrogens is 1. The molecule has 0 amide bonds. The lowest BCUT2D eigenvalue weighted by molar-refractivity contribution is -0.199. The van der Waals surface area contributed by atoms with E-state index >= 15 is 0 Å². The number of halogens is 9. The Kier molecular flexibility index (Phi) is 9.07. The molecule has 0 atom stereocenters. The second-order valence-corrected chi connectivity index (χ2v) is 11.4. The van der Waals surface area contributed by atoms with E-state index in [0.29, 0.717) is 30.0 Å². The molecule has 0 radical (unpaired) electrons. The average Bonchev–Trinajstić information content (AvgIpc) is 3.67. The third-order valence-corrected chi connectivity index (χ3v) is 8.31. The number of aromatic amines is 1. The summed E-state index contributed by atoms with van der Waals surface area (Å²) in [5.41, 5.74) is -0.436. The topological polar surface area (TPSA) is 89.0 Å². The number of aromatic nitrogens is 2. The Morgan fingerprint density at radius 1 is 0.804 bits per heavy atom. The minimum Gasteiger partial charge on any atom is -0.493 e. The van der Waals surface area contributed by atoms with Crippen molar-refractivity contribution < 1.29 is 63.4 Å². The monoisotopic (exact) mass is 728 g/mol. The highest BCUT2D eigenvalue weighted by Crippen LogP contribution is 2.46. The van der Waals surface area contributed by atoms with E-state index in [1.54, 1.807) is 11.1 Å². The minimum atomic E-state index is -5.54. The number of nitrogens with one attached hydrogen (secondary N) is 1. The Hall–Kier alpha value is -5.39. The molecule has 9 nitrogen and oxygen atoms in total. The summed E-state index contributed by atoms with van der Waals surface area (Å²) in [6.07, 6.45) is -14.1. The summed E-state index contributed by atoms with van der Waals surface area (Å²) in [4.78, 5) is 36.1. The van der Waals surface area contributed by atoms with Gasteiger partial charge in [0.1, 0.15) is 0 Å². The molecule has 3 aromatic carbocycles. The lowest BCUT2D eigenvalue weighted by Gasteiger charge is -2.36. The highest BCUT2D eigenvalue weighted by molar-refractivity contribution is 6.05. The van der Waals surface area contributed by atoms with E-state index in [1.807, 2.05) is 24.3 Å². The van der Waals surface area contributed by atoms with Crippen LogP contribution in [0.2, 0.25) is 0 Å². The Labute approximate surface area is 281 Å². The molecule has 2 aromatic heterocycles. The lowest BCUT2D eigenvalue weighted by atomic mass is 9.99. The van der Waals surface area contributed by atoms with Gasteiger partial charge < -0.3 is 24.2 Å². The minimum absolute atomic E-state index is 0.139. The fourth-order valence-corrected chi connectivity index (χ4v) is 5.99. The third-order valence-electron chi connectivity index (χ3n) is 8.31. The van der Waals surface area contributed by atoms with Crippen molar-refractivity contribution in [2.75, 3.05) is 38.2 Å². The van der Waals surface area contributed by atoms with Crippen molar-refractivity contribution >= 4 is 39.4 Å². The zero-order valence-electron chi connectivity index (χ0n) is 26.2. The molecule has 0 spiro atoms. The SMILES string of the molecule is COc1ccc2c(c1OC(=O)C(F)(F)F)c(-c1ccc(C(F)(F)F)cc1)c(CN1CCN(c3cccc4[nH]ccc34)CC1)n2OC(=O)C(F)(F)F. The molecular formula is C33H25F9N4O5. The quantitative estimate of drug-likeness (QED) is 0.109. The van der Waals surface area contributed by atoms with Gasteiger partial charge in [0.25, 0.3) is 0 Å². The summed E-state index contributed by atoms with van der Waals surface area (Å²) in [6.45, 7) is 1.06. The Balaban J connectivity index is 1.51. The number of ether oxygens (including phenoxy) is 2. The maximum absolute atomic E-state index is 13.6. The van der Waals surface area contributed by atoms with Crippen molar-refractivity contribution in [1.29, 1.82) is 0 Å². The number of carbonyl (C=O) groups excluding carboxylic acids is 2. The van der Waals surface area contributed by atoms with Crippen LogP contribution in [0.25, 0.3) is 32.9 Å². The number of rotatable bonds is 7. The first-order valence-electron chi connectivity index (χ1n) is 15.0. The summed E-state index contributed by atoms with van der Waals surface area (Å²) in [6, 6.07) is 12.8. The maximum Gasteiger partial charge on any atom is 0.493 e. The zero-order chi connectivity index (χ0) is 36.9. The van der Waals surface area contributed by atoms with Crippen LogP contribution in [0.5, 0.6) is 11.5 Å². The summed E-state index contributed by atoms with van der Waals surface area (Å²) < 4.78 is 132. The first kappa shape index (κ1) is 35.4. The smallest absolute Gasteiger partial charge is 0.493 e. The van der Waals surface area contributed by atoms with Gasteiger partial charge in [0, 0.05) is 61.1 Å². The van der Waals surface area contributed by atoms with E-state index in [4.69, 9.17) is 14.3 Å². The standard InChI is InChI=1S/C33H25F9N4O5/c1-49-25-10-9-23-27(28(25)50-29(47)32(37,38)39)26(18-5-7-19(8-6-18)31(34,35)36)24(46(23)51-30(48)33(40,41)42)17-44-13-15-45(16-14-44)22-4-2-3-21-20(22)11-12-43-21/h2-12,43H,13-17H2,1H3. The van der Waals surface area contributed by atoms with Crippen LogP contribution in [0, 0.1) is 0 Å². The fraction of sp³-hybridized carbons (Fsp3) is 0.273. The number of hydrogen-bond acceptors (Lipinski definition) is 7. The summed E-state index contributed by atoms with van der Waals surface area (Å²) in [5, 5.41) is 0.457. The number of fused-ring (bicyclic) bond motifs is 2. The van der Waals surface area contributed by atoms with Crippen LogP contribution in [0.4, 0.5) is 45.2 Å². The van der Waals surface area contributed by atoms with Crippen LogP contribution in [-0.2, 0) is 22.3 Å².